The number of nitrogens with one attached hydrogen (secondary N) is 1. The minimum atomic E-state index is -0.309. The summed E-state index contributed by atoms with van der Waals surface area (Å²) >= 11 is 0. The molecule has 0 saturated carbocycles. The van der Waals surface area contributed by atoms with Gasteiger partial charge >= 0.3 is 0 Å². The first kappa shape index (κ1) is 12.2. The van der Waals surface area contributed by atoms with E-state index in [1.807, 2.05) is 19.9 Å². The van der Waals surface area contributed by atoms with Gasteiger partial charge in [0.15, 0.2) is 0 Å². The van der Waals surface area contributed by atoms with Gasteiger partial charge in [0.05, 0.1) is 5.69 Å². The number of carbonyl (C=O) groups is 1. The lowest BCUT2D eigenvalue weighted by molar-refractivity contribution is 0.102. The van der Waals surface area contributed by atoms with E-state index in [4.69, 9.17) is 4.52 Å². The number of hydrogen-bond acceptors (Lipinski definition) is 5. The van der Waals surface area contributed by atoms with E-state index in [9.17, 15) is 4.79 Å². The maximum Gasteiger partial charge on any atom is 0.263 e. The van der Waals surface area contributed by atoms with Gasteiger partial charge in [-0.1, -0.05) is 5.16 Å². The lowest BCUT2D eigenvalue weighted by Gasteiger charge is -2.04. The van der Waals surface area contributed by atoms with Gasteiger partial charge in [-0.2, -0.15) is 0 Å². The number of aryl methyl sites for hydroxylation is 4. The fraction of sp³-hybridized carbons (Fsp3) is 0.333. The summed E-state index contributed by atoms with van der Waals surface area (Å²) in [4.78, 5) is 20.3. The van der Waals surface area contributed by atoms with Crippen LogP contribution in [0.1, 0.15) is 33.2 Å². The van der Waals surface area contributed by atoms with Gasteiger partial charge in [-0.3, -0.25) is 10.1 Å². The average Bonchev–Trinajstić information content (AvgIpc) is 2.56. The molecule has 2 aromatic heterocycles. The fourth-order valence-corrected chi connectivity index (χ4v) is 1.75. The summed E-state index contributed by atoms with van der Waals surface area (Å²) in [6.07, 6.45) is 0. The average molecular weight is 246 g/mol. The summed E-state index contributed by atoms with van der Waals surface area (Å²) in [7, 11) is 0. The molecule has 0 atom stereocenters. The molecular weight excluding hydrogens is 232 g/mol. The van der Waals surface area contributed by atoms with Gasteiger partial charge in [0.1, 0.15) is 11.3 Å². The van der Waals surface area contributed by atoms with Crippen molar-refractivity contribution in [1.82, 2.24) is 15.1 Å². The van der Waals surface area contributed by atoms with Crippen molar-refractivity contribution in [2.24, 2.45) is 0 Å². The van der Waals surface area contributed by atoms with Gasteiger partial charge < -0.3 is 4.52 Å². The Hall–Kier alpha value is -2.24. The molecule has 0 aliphatic carbocycles. The van der Waals surface area contributed by atoms with Crippen molar-refractivity contribution in [3.8, 4) is 0 Å². The number of carbonyl (C=O) groups excluding carboxylic acids is 1. The van der Waals surface area contributed by atoms with Gasteiger partial charge in [-0.15, -0.1) is 0 Å². The standard InChI is InChI=1S/C12H14N4O2/c1-6-5-7(2)14-12(13-6)15-11(17)10-8(3)16-18-9(10)4/h5H,1-4H3,(H,13,14,15,17). The van der Waals surface area contributed by atoms with Crippen LogP contribution in [0.15, 0.2) is 10.6 Å². The van der Waals surface area contributed by atoms with Crippen LogP contribution >= 0.6 is 0 Å². The SMILES string of the molecule is Cc1cc(C)nc(NC(=O)c2c(C)noc2C)n1. The largest absolute Gasteiger partial charge is 0.361 e. The van der Waals surface area contributed by atoms with Crippen molar-refractivity contribution in [3.05, 3.63) is 34.5 Å². The Morgan fingerprint density at radius 1 is 1.17 bits per heavy atom. The zero-order valence-corrected chi connectivity index (χ0v) is 10.7. The van der Waals surface area contributed by atoms with Crippen LogP contribution in [0.3, 0.4) is 0 Å². The summed E-state index contributed by atoms with van der Waals surface area (Å²) in [5.41, 5.74) is 2.58. The molecule has 0 fully saturated rings. The zero-order valence-electron chi connectivity index (χ0n) is 10.7. The van der Waals surface area contributed by atoms with Crippen LogP contribution in [0.25, 0.3) is 0 Å². The predicted octanol–water partition coefficient (Wildman–Crippen LogP) is 1.95. The number of anilines is 1. The number of hydrogen-bond donors (Lipinski definition) is 1. The van der Waals surface area contributed by atoms with Crippen molar-refractivity contribution in [2.45, 2.75) is 27.7 Å². The second kappa shape index (κ2) is 4.56. The fourth-order valence-electron chi connectivity index (χ4n) is 1.75. The molecule has 1 amide bonds. The quantitative estimate of drug-likeness (QED) is 0.875. The summed E-state index contributed by atoms with van der Waals surface area (Å²) in [6, 6.07) is 1.84. The van der Waals surface area contributed by atoms with E-state index < -0.39 is 0 Å². The molecule has 6 heteroatoms. The van der Waals surface area contributed by atoms with Crippen LogP contribution in [-0.4, -0.2) is 21.0 Å². The molecule has 0 saturated heterocycles. The smallest absolute Gasteiger partial charge is 0.263 e. The first-order chi connectivity index (χ1) is 8.47. The molecule has 6 nitrogen and oxygen atoms in total. The van der Waals surface area contributed by atoms with Crippen LogP contribution in [0.5, 0.6) is 0 Å². The van der Waals surface area contributed by atoms with Gasteiger partial charge in [0.25, 0.3) is 5.91 Å². The molecule has 0 spiro atoms. The topological polar surface area (TPSA) is 80.9 Å². The van der Waals surface area contributed by atoms with Crippen molar-refractivity contribution in [1.29, 1.82) is 0 Å². The normalized spacial score (nSPS) is 10.4. The predicted molar refractivity (Wildman–Crippen MR) is 65.4 cm³/mol. The van der Waals surface area contributed by atoms with Gasteiger partial charge in [0, 0.05) is 11.4 Å². The summed E-state index contributed by atoms with van der Waals surface area (Å²) < 4.78 is 4.95. The molecule has 0 aliphatic heterocycles. The second-order valence-corrected chi connectivity index (χ2v) is 4.13. The highest BCUT2D eigenvalue weighted by atomic mass is 16.5. The Bertz CT molecular complexity index is 564. The summed E-state index contributed by atoms with van der Waals surface area (Å²) in [5.74, 6) is 0.461. The number of nitrogens with zero attached hydrogens (tertiary/aromatic N) is 3. The molecule has 1 N–H and O–H groups in total. The third-order valence-corrected chi connectivity index (χ3v) is 2.47. The van der Waals surface area contributed by atoms with Crippen molar-refractivity contribution < 1.29 is 9.32 Å². The van der Waals surface area contributed by atoms with Crippen LogP contribution < -0.4 is 5.32 Å². The number of amides is 1. The maximum atomic E-state index is 12.0. The van der Waals surface area contributed by atoms with Crippen LogP contribution in [0.2, 0.25) is 0 Å². The van der Waals surface area contributed by atoms with Crippen molar-refractivity contribution in [3.63, 3.8) is 0 Å². The Balaban J connectivity index is 2.27. The molecule has 94 valence electrons. The number of aromatic nitrogens is 3. The highest BCUT2D eigenvalue weighted by molar-refractivity contribution is 6.04. The van der Waals surface area contributed by atoms with E-state index in [1.54, 1.807) is 13.8 Å². The van der Waals surface area contributed by atoms with E-state index >= 15 is 0 Å². The molecule has 18 heavy (non-hydrogen) atoms. The van der Waals surface area contributed by atoms with Gasteiger partial charge in [0.2, 0.25) is 5.95 Å². The van der Waals surface area contributed by atoms with E-state index in [0.29, 0.717) is 17.0 Å². The van der Waals surface area contributed by atoms with E-state index in [0.717, 1.165) is 11.4 Å². The van der Waals surface area contributed by atoms with Crippen molar-refractivity contribution in [2.75, 3.05) is 5.32 Å². The molecule has 0 aromatic carbocycles. The number of rotatable bonds is 2. The maximum absolute atomic E-state index is 12.0. The molecule has 0 aliphatic rings. The Morgan fingerprint density at radius 3 is 2.28 bits per heavy atom. The minimum absolute atomic E-state index is 0.289. The molecule has 2 heterocycles. The molecule has 0 unspecified atom stereocenters. The molecular formula is C12H14N4O2. The van der Waals surface area contributed by atoms with Crippen LogP contribution in [-0.2, 0) is 0 Å². The summed E-state index contributed by atoms with van der Waals surface area (Å²) in [6.45, 7) is 7.10. The third-order valence-electron chi connectivity index (χ3n) is 2.47. The molecule has 2 rings (SSSR count). The van der Waals surface area contributed by atoms with Crippen molar-refractivity contribution >= 4 is 11.9 Å². The Labute approximate surface area is 104 Å². The Morgan fingerprint density at radius 2 is 1.78 bits per heavy atom. The van der Waals surface area contributed by atoms with Crippen LogP contribution in [0, 0.1) is 27.7 Å². The zero-order chi connectivity index (χ0) is 13.3. The first-order valence-electron chi connectivity index (χ1n) is 5.54. The minimum Gasteiger partial charge on any atom is -0.361 e. The first-order valence-corrected chi connectivity index (χ1v) is 5.54. The van der Waals surface area contributed by atoms with E-state index in [-0.39, 0.29) is 11.9 Å². The van der Waals surface area contributed by atoms with Gasteiger partial charge in [-0.05, 0) is 33.8 Å². The Kier molecular flexibility index (Phi) is 3.10. The summed E-state index contributed by atoms with van der Waals surface area (Å²) in [5, 5.41) is 6.38. The van der Waals surface area contributed by atoms with Crippen LogP contribution in [0.4, 0.5) is 5.95 Å². The third kappa shape index (κ3) is 2.37. The lowest BCUT2D eigenvalue weighted by Crippen LogP contribution is -2.16. The molecule has 0 radical (unpaired) electrons. The van der Waals surface area contributed by atoms with E-state index in [1.165, 1.54) is 0 Å². The monoisotopic (exact) mass is 246 g/mol. The van der Waals surface area contributed by atoms with Gasteiger partial charge in [-0.25, -0.2) is 9.97 Å². The lowest BCUT2D eigenvalue weighted by atomic mass is 10.2. The molecule has 2 aromatic rings. The highest BCUT2D eigenvalue weighted by Gasteiger charge is 2.18. The molecule has 0 bridgehead atoms. The second-order valence-electron chi connectivity index (χ2n) is 4.13. The van der Waals surface area contributed by atoms with E-state index in [2.05, 4.69) is 20.4 Å². The highest BCUT2D eigenvalue weighted by Crippen LogP contribution is 2.14.